The summed E-state index contributed by atoms with van der Waals surface area (Å²) in [5, 5.41) is 0. The van der Waals surface area contributed by atoms with E-state index in [9.17, 15) is 8.78 Å². The summed E-state index contributed by atoms with van der Waals surface area (Å²) in [6.45, 7) is 0. The maximum Gasteiger partial charge on any atom is 0.198 e. The Morgan fingerprint density at radius 3 is 2.00 bits per heavy atom. The van der Waals surface area contributed by atoms with Crippen LogP contribution in [0.1, 0.15) is 0 Å². The molecule has 0 N–H and O–H groups in total. The van der Waals surface area contributed by atoms with E-state index in [1.165, 1.54) is 18.3 Å². The average molecular weight is 267 g/mol. The van der Waals surface area contributed by atoms with Gasteiger partial charge in [0.05, 0.1) is 5.69 Å². The standard InChI is InChI=1S/C16H9F2N2/c17-14-7-3-1-5-11(14)13-9-19-10-20-16(13)12-6-2-4-8-15(12)18/h1-9H. The lowest BCUT2D eigenvalue weighted by Crippen LogP contribution is -1.95. The summed E-state index contributed by atoms with van der Waals surface area (Å²) in [6.07, 6.45) is 3.86. The van der Waals surface area contributed by atoms with Crippen molar-refractivity contribution < 1.29 is 8.78 Å². The normalized spacial score (nSPS) is 10.5. The van der Waals surface area contributed by atoms with E-state index < -0.39 is 11.6 Å². The Kier molecular flexibility index (Phi) is 3.21. The first-order valence-electron chi connectivity index (χ1n) is 6.00. The Balaban J connectivity index is 2.25. The van der Waals surface area contributed by atoms with Crippen molar-refractivity contribution in [2.75, 3.05) is 0 Å². The van der Waals surface area contributed by atoms with E-state index in [2.05, 4.69) is 16.3 Å². The van der Waals surface area contributed by atoms with Gasteiger partial charge in [-0.25, -0.2) is 18.7 Å². The molecule has 1 aromatic heterocycles. The van der Waals surface area contributed by atoms with Crippen molar-refractivity contribution in [1.29, 1.82) is 0 Å². The van der Waals surface area contributed by atoms with Gasteiger partial charge in [-0.05, 0) is 18.2 Å². The van der Waals surface area contributed by atoms with Crippen LogP contribution < -0.4 is 0 Å². The number of rotatable bonds is 2. The van der Waals surface area contributed by atoms with Crippen LogP contribution >= 0.6 is 0 Å². The molecular weight excluding hydrogens is 258 g/mol. The summed E-state index contributed by atoms with van der Waals surface area (Å²) in [6, 6.07) is 12.5. The molecule has 0 aliphatic rings. The Hall–Kier alpha value is -2.62. The van der Waals surface area contributed by atoms with Crippen molar-refractivity contribution in [2.24, 2.45) is 0 Å². The van der Waals surface area contributed by atoms with E-state index in [1.807, 2.05) is 0 Å². The van der Waals surface area contributed by atoms with E-state index in [4.69, 9.17) is 0 Å². The summed E-state index contributed by atoms with van der Waals surface area (Å²) in [4.78, 5) is 7.78. The fraction of sp³-hybridized carbons (Fsp3) is 0. The molecule has 0 amide bonds. The third kappa shape index (κ3) is 2.16. The highest BCUT2D eigenvalue weighted by Crippen LogP contribution is 2.32. The van der Waals surface area contributed by atoms with Crippen molar-refractivity contribution in [1.82, 2.24) is 9.97 Å². The molecule has 3 aromatic rings. The molecule has 0 spiro atoms. The van der Waals surface area contributed by atoms with Gasteiger partial charge in [0.2, 0.25) is 0 Å². The van der Waals surface area contributed by atoms with E-state index in [1.54, 1.807) is 36.4 Å². The van der Waals surface area contributed by atoms with Gasteiger partial charge in [0.1, 0.15) is 11.6 Å². The van der Waals surface area contributed by atoms with Gasteiger partial charge >= 0.3 is 0 Å². The molecule has 4 heteroatoms. The molecule has 0 fully saturated rings. The van der Waals surface area contributed by atoms with Crippen LogP contribution in [0.25, 0.3) is 22.4 Å². The van der Waals surface area contributed by atoms with Crippen molar-refractivity contribution in [2.45, 2.75) is 0 Å². The number of benzene rings is 2. The Morgan fingerprint density at radius 1 is 0.750 bits per heavy atom. The van der Waals surface area contributed by atoms with Gasteiger partial charge in [-0.1, -0.05) is 30.3 Å². The topological polar surface area (TPSA) is 25.8 Å². The first kappa shape index (κ1) is 12.4. The van der Waals surface area contributed by atoms with Gasteiger partial charge in [0.15, 0.2) is 6.33 Å². The Morgan fingerprint density at radius 2 is 1.35 bits per heavy atom. The molecule has 1 heterocycles. The zero-order valence-electron chi connectivity index (χ0n) is 10.3. The highest BCUT2D eigenvalue weighted by atomic mass is 19.1. The predicted octanol–water partition coefficient (Wildman–Crippen LogP) is 3.89. The molecule has 2 nitrogen and oxygen atoms in total. The van der Waals surface area contributed by atoms with Crippen LogP contribution in [0.5, 0.6) is 0 Å². The smallest absolute Gasteiger partial charge is 0.198 e. The summed E-state index contributed by atoms with van der Waals surface area (Å²) in [5.41, 5.74) is 1.39. The Labute approximate surface area is 114 Å². The molecule has 97 valence electrons. The maximum absolute atomic E-state index is 13.9. The van der Waals surface area contributed by atoms with Crippen LogP contribution in [0.15, 0.2) is 54.7 Å². The molecule has 2 aromatic carbocycles. The van der Waals surface area contributed by atoms with Gasteiger partial charge in [-0.3, -0.25) is 0 Å². The van der Waals surface area contributed by atoms with Crippen LogP contribution in [0.4, 0.5) is 8.78 Å². The Bertz CT molecular complexity index is 692. The molecule has 0 aliphatic heterocycles. The summed E-state index contributed by atoms with van der Waals surface area (Å²) >= 11 is 0. The molecule has 0 saturated heterocycles. The number of aromatic nitrogens is 2. The number of hydrogen-bond donors (Lipinski definition) is 0. The third-order valence-corrected chi connectivity index (χ3v) is 2.96. The molecule has 0 aliphatic carbocycles. The fourth-order valence-corrected chi connectivity index (χ4v) is 2.03. The van der Waals surface area contributed by atoms with E-state index in [0.29, 0.717) is 22.4 Å². The number of nitrogens with zero attached hydrogens (tertiary/aromatic N) is 2. The predicted molar refractivity (Wildman–Crippen MR) is 71.7 cm³/mol. The molecule has 0 unspecified atom stereocenters. The monoisotopic (exact) mass is 267 g/mol. The van der Waals surface area contributed by atoms with Gasteiger partial charge in [0, 0.05) is 22.9 Å². The summed E-state index contributed by atoms with van der Waals surface area (Å²) in [7, 11) is 0. The molecule has 0 bridgehead atoms. The maximum atomic E-state index is 13.9. The zero-order valence-corrected chi connectivity index (χ0v) is 10.3. The minimum absolute atomic E-state index is 0.296. The van der Waals surface area contributed by atoms with Crippen molar-refractivity contribution in [3.8, 4) is 22.4 Å². The number of hydrogen-bond acceptors (Lipinski definition) is 2. The van der Waals surface area contributed by atoms with Crippen molar-refractivity contribution in [3.63, 3.8) is 0 Å². The summed E-state index contributed by atoms with van der Waals surface area (Å²) < 4.78 is 27.8. The zero-order chi connectivity index (χ0) is 13.9. The first-order chi connectivity index (χ1) is 9.77. The lowest BCUT2D eigenvalue weighted by Gasteiger charge is -2.09. The van der Waals surface area contributed by atoms with Gasteiger partial charge in [0.25, 0.3) is 0 Å². The molecule has 0 saturated carbocycles. The van der Waals surface area contributed by atoms with Crippen LogP contribution in [0.3, 0.4) is 0 Å². The van der Waals surface area contributed by atoms with Crippen LogP contribution in [-0.4, -0.2) is 9.97 Å². The van der Waals surface area contributed by atoms with Gasteiger partial charge in [-0.2, -0.15) is 0 Å². The van der Waals surface area contributed by atoms with Crippen molar-refractivity contribution in [3.05, 3.63) is 72.7 Å². The van der Waals surface area contributed by atoms with E-state index >= 15 is 0 Å². The highest BCUT2D eigenvalue weighted by molar-refractivity contribution is 5.80. The molecule has 3 rings (SSSR count). The quantitative estimate of drug-likeness (QED) is 0.704. The fourth-order valence-electron chi connectivity index (χ4n) is 2.03. The largest absolute Gasteiger partial charge is 0.233 e. The SMILES string of the molecule is Fc1ccccc1-c1cn[c]nc1-c1ccccc1F. The lowest BCUT2D eigenvalue weighted by atomic mass is 10.0. The van der Waals surface area contributed by atoms with Crippen LogP contribution in [-0.2, 0) is 0 Å². The van der Waals surface area contributed by atoms with Gasteiger partial charge in [-0.15, -0.1) is 0 Å². The van der Waals surface area contributed by atoms with Crippen LogP contribution in [0.2, 0.25) is 0 Å². The first-order valence-corrected chi connectivity index (χ1v) is 6.00. The second-order valence-corrected chi connectivity index (χ2v) is 4.19. The lowest BCUT2D eigenvalue weighted by molar-refractivity contribution is 0.628. The second kappa shape index (κ2) is 5.17. The van der Waals surface area contributed by atoms with Crippen molar-refractivity contribution >= 4 is 0 Å². The minimum Gasteiger partial charge on any atom is -0.233 e. The second-order valence-electron chi connectivity index (χ2n) is 4.19. The third-order valence-electron chi connectivity index (χ3n) is 2.96. The van der Waals surface area contributed by atoms with E-state index in [0.717, 1.165) is 0 Å². The molecule has 1 radical (unpaired) electrons. The average Bonchev–Trinajstić information content (AvgIpc) is 2.48. The summed E-state index contributed by atoms with van der Waals surface area (Å²) in [5.74, 6) is -0.822. The van der Waals surface area contributed by atoms with Crippen LogP contribution in [0, 0.1) is 18.0 Å². The highest BCUT2D eigenvalue weighted by Gasteiger charge is 2.15. The molecule has 0 atom stereocenters. The molecule has 20 heavy (non-hydrogen) atoms. The number of halogens is 2. The van der Waals surface area contributed by atoms with Gasteiger partial charge < -0.3 is 0 Å². The molecular formula is C16H9F2N2. The minimum atomic E-state index is -0.419. The van der Waals surface area contributed by atoms with E-state index in [-0.39, 0.29) is 0 Å².